The minimum Gasteiger partial charge on any atom is -0.348 e. The molecule has 5 nitrogen and oxygen atoms in total. The van der Waals surface area contributed by atoms with E-state index < -0.39 is 5.41 Å². The van der Waals surface area contributed by atoms with Crippen molar-refractivity contribution < 1.29 is 9.59 Å². The lowest BCUT2D eigenvalue weighted by atomic mass is 9.73. The molecule has 0 radical (unpaired) electrons. The highest BCUT2D eigenvalue weighted by Gasteiger charge is 2.44. The van der Waals surface area contributed by atoms with Crippen LogP contribution >= 0.6 is 11.3 Å². The number of rotatable bonds is 6. The molecule has 1 aliphatic heterocycles. The number of aromatic nitrogens is 1. The number of hydrogen-bond acceptors (Lipinski definition) is 4. The van der Waals surface area contributed by atoms with Crippen molar-refractivity contribution in [2.45, 2.75) is 25.7 Å². The lowest BCUT2D eigenvalue weighted by molar-refractivity contribution is -0.147. The van der Waals surface area contributed by atoms with E-state index in [-0.39, 0.29) is 18.2 Å². The molecule has 0 bridgehead atoms. The van der Waals surface area contributed by atoms with Crippen LogP contribution in [0.5, 0.6) is 0 Å². The monoisotopic (exact) mass is 447 g/mol. The molecule has 32 heavy (non-hydrogen) atoms. The van der Waals surface area contributed by atoms with Crippen LogP contribution in [0.2, 0.25) is 0 Å². The Morgan fingerprint density at radius 3 is 2.56 bits per heavy atom. The summed E-state index contributed by atoms with van der Waals surface area (Å²) in [7, 11) is 3.61. The summed E-state index contributed by atoms with van der Waals surface area (Å²) in [6, 6.07) is 18.3. The summed E-state index contributed by atoms with van der Waals surface area (Å²) in [5.74, 6) is 0.127. The Bertz CT molecular complexity index is 1050. The lowest BCUT2D eigenvalue weighted by Crippen LogP contribution is -2.54. The van der Waals surface area contributed by atoms with Gasteiger partial charge in [0.25, 0.3) is 0 Å². The van der Waals surface area contributed by atoms with Gasteiger partial charge in [0.1, 0.15) is 0 Å². The Labute approximate surface area is 193 Å². The molecule has 0 aliphatic carbocycles. The SMILES string of the molecule is CN(C)C(=O)[C@]1(Cc2ccc(-c3cccs3)cc2)CCCN(C(=O)Cc2ccccn2)C1. The third-order valence-corrected chi connectivity index (χ3v) is 7.07. The molecule has 1 saturated heterocycles. The highest BCUT2D eigenvalue weighted by molar-refractivity contribution is 7.13. The summed E-state index contributed by atoms with van der Waals surface area (Å²) in [5, 5.41) is 2.08. The minimum absolute atomic E-state index is 0.0346. The summed E-state index contributed by atoms with van der Waals surface area (Å²) >= 11 is 1.72. The number of carbonyl (C=O) groups excluding carboxylic acids is 2. The van der Waals surface area contributed by atoms with Crippen LogP contribution in [0.15, 0.2) is 66.2 Å². The number of nitrogens with zero attached hydrogens (tertiary/aromatic N) is 3. The second kappa shape index (κ2) is 9.65. The van der Waals surface area contributed by atoms with Crippen LogP contribution in [0.3, 0.4) is 0 Å². The molecule has 1 atom stereocenters. The maximum absolute atomic E-state index is 13.4. The number of hydrogen-bond donors (Lipinski definition) is 0. The number of carbonyl (C=O) groups is 2. The summed E-state index contributed by atoms with van der Waals surface area (Å²) in [5.41, 5.74) is 2.47. The summed E-state index contributed by atoms with van der Waals surface area (Å²) in [6.07, 6.45) is 4.20. The van der Waals surface area contributed by atoms with Gasteiger partial charge in [0.05, 0.1) is 11.8 Å². The van der Waals surface area contributed by atoms with E-state index in [1.807, 2.05) is 23.1 Å². The predicted octanol–water partition coefficient (Wildman–Crippen LogP) is 4.29. The van der Waals surface area contributed by atoms with Crippen molar-refractivity contribution in [3.8, 4) is 10.4 Å². The molecule has 4 rings (SSSR count). The number of likely N-dealkylation sites (tertiary alicyclic amines) is 1. The van der Waals surface area contributed by atoms with Crippen molar-refractivity contribution in [2.24, 2.45) is 5.41 Å². The van der Waals surface area contributed by atoms with Crippen molar-refractivity contribution in [3.63, 3.8) is 0 Å². The third-order valence-electron chi connectivity index (χ3n) is 6.15. The molecule has 0 unspecified atom stereocenters. The van der Waals surface area contributed by atoms with E-state index in [0.29, 0.717) is 19.5 Å². The molecule has 2 aromatic heterocycles. The van der Waals surface area contributed by atoms with Crippen LogP contribution in [0.25, 0.3) is 10.4 Å². The molecule has 1 fully saturated rings. The van der Waals surface area contributed by atoms with Gasteiger partial charge >= 0.3 is 0 Å². The zero-order chi connectivity index (χ0) is 22.6. The number of thiophene rings is 1. The third kappa shape index (κ3) is 4.91. The standard InChI is InChI=1S/C26H29N3O2S/c1-28(2)25(31)26(18-20-9-11-21(12-10-20)23-8-5-16-32-23)13-6-15-29(19-26)24(30)17-22-7-3-4-14-27-22/h3-5,7-12,14,16H,6,13,15,17-19H2,1-2H3/t26-/m0/s1. The van der Waals surface area contributed by atoms with E-state index in [2.05, 4.69) is 46.8 Å². The average Bonchev–Trinajstić information content (AvgIpc) is 3.35. The van der Waals surface area contributed by atoms with Gasteiger partial charge in [0.15, 0.2) is 0 Å². The number of benzene rings is 1. The highest BCUT2D eigenvalue weighted by Crippen LogP contribution is 2.36. The largest absolute Gasteiger partial charge is 0.348 e. The minimum atomic E-state index is -0.605. The van der Waals surface area contributed by atoms with Crippen molar-refractivity contribution in [2.75, 3.05) is 27.2 Å². The Hall–Kier alpha value is -2.99. The van der Waals surface area contributed by atoms with E-state index in [1.54, 1.807) is 36.5 Å². The maximum atomic E-state index is 13.4. The zero-order valence-electron chi connectivity index (χ0n) is 18.7. The van der Waals surface area contributed by atoms with Crippen molar-refractivity contribution in [1.29, 1.82) is 0 Å². The maximum Gasteiger partial charge on any atom is 0.230 e. The van der Waals surface area contributed by atoms with Crippen LogP contribution in [-0.2, 0) is 22.4 Å². The van der Waals surface area contributed by atoms with Crippen molar-refractivity contribution >= 4 is 23.2 Å². The topological polar surface area (TPSA) is 53.5 Å². The van der Waals surface area contributed by atoms with Crippen molar-refractivity contribution in [1.82, 2.24) is 14.8 Å². The van der Waals surface area contributed by atoms with Gasteiger partial charge in [0, 0.05) is 44.0 Å². The highest BCUT2D eigenvalue weighted by atomic mass is 32.1. The molecule has 0 N–H and O–H groups in total. The van der Waals surface area contributed by atoms with Crippen LogP contribution in [0.4, 0.5) is 0 Å². The normalized spacial score (nSPS) is 18.4. The van der Waals surface area contributed by atoms with Crippen molar-refractivity contribution in [3.05, 3.63) is 77.4 Å². The number of pyridine rings is 1. The number of piperidine rings is 1. The molecule has 0 saturated carbocycles. The zero-order valence-corrected chi connectivity index (χ0v) is 19.5. The Morgan fingerprint density at radius 1 is 1.09 bits per heavy atom. The van der Waals surface area contributed by atoms with Crippen LogP contribution in [0.1, 0.15) is 24.1 Å². The van der Waals surface area contributed by atoms with Gasteiger partial charge in [-0.15, -0.1) is 11.3 Å². The fourth-order valence-corrected chi connectivity index (χ4v) is 5.34. The van der Waals surface area contributed by atoms with Crippen LogP contribution < -0.4 is 0 Å². The molecule has 1 aliphatic rings. The van der Waals surface area contributed by atoms with E-state index in [9.17, 15) is 9.59 Å². The molecule has 6 heteroatoms. The fourth-order valence-electron chi connectivity index (χ4n) is 4.60. The molecule has 166 valence electrons. The summed E-state index contributed by atoms with van der Waals surface area (Å²) in [4.78, 5) is 35.5. The average molecular weight is 448 g/mol. The Kier molecular flexibility index (Phi) is 6.70. The first-order chi connectivity index (χ1) is 15.5. The van der Waals surface area contributed by atoms with Gasteiger partial charge in [-0.25, -0.2) is 0 Å². The van der Waals surface area contributed by atoms with Gasteiger partial charge in [-0.3, -0.25) is 14.6 Å². The molecular formula is C26H29N3O2S. The van der Waals surface area contributed by atoms with E-state index in [0.717, 1.165) is 24.1 Å². The smallest absolute Gasteiger partial charge is 0.230 e. The van der Waals surface area contributed by atoms with E-state index >= 15 is 0 Å². The molecule has 1 aromatic carbocycles. The Morgan fingerprint density at radius 2 is 1.91 bits per heavy atom. The predicted molar refractivity (Wildman–Crippen MR) is 128 cm³/mol. The second-order valence-corrected chi connectivity index (χ2v) is 9.70. The molecule has 3 aromatic rings. The fraction of sp³-hybridized carbons (Fsp3) is 0.346. The molecular weight excluding hydrogens is 418 g/mol. The van der Waals surface area contributed by atoms with Gasteiger partial charge in [-0.2, -0.15) is 0 Å². The lowest BCUT2D eigenvalue weighted by Gasteiger charge is -2.43. The number of amides is 2. The van der Waals surface area contributed by atoms with Gasteiger partial charge in [0.2, 0.25) is 11.8 Å². The second-order valence-electron chi connectivity index (χ2n) is 8.75. The summed E-state index contributed by atoms with van der Waals surface area (Å²) < 4.78 is 0. The summed E-state index contributed by atoms with van der Waals surface area (Å²) in [6.45, 7) is 1.13. The molecule has 3 heterocycles. The first-order valence-electron chi connectivity index (χ1n) is 11.0. The quantitative estimate of drug-likeness (QED) is 0.566. The molecule has 2 amide bonds. The van der Waals surface area contributed by atoms with Crippen LogP contribution in [-0.4, -0.2) is 53.8 Å². The van der Waals surface area contributed by atoms with E-state index in [4.69, 9.17) is 0 Å². The van der Waals surface area contributed by atoms with Gasteiger partial charge in [-0.1, -0.05) is 36.4 Å². The van der Waals surface area contributed by atoms with Gasteiger partial charge in [-0.05, 0) is 54.0 Å². The van der Waals surface area contributed by atoms with Gasteiger partial charge < -0.3 is 9.80 Å². The molecule has 0 spiro atoms. The first kappa shape index (κ1) is 22.2. The first-order valence-corrected chi connectivity index (χ1v) is 11.9. The Balaban J connectivity index is 1.54. The van der Waals surface area contributed by atoms with E-state index in [1.165, 1.54) is 10.4 Å². The van der Waals surface area contributed by atoms with Crippen LogP contribution in [0, 0.1) is 5.41 Å².